The Balaban J connectivity index is 3.26. The summed E-state index contributed by atoms with van der Waals surface area (Å²) in [4.78, 5) is 23.9. The number of hydrogen-bond donors (Lipinski definition) is 3. The van der Waals surface area contributed by atoms with Crippen LogP contribution in [-0.2, 0) is 0 Å². The molecule has 1 unspecified atom stereocenters. The van der Waals surface area contributed by atoms with Gasteiger partial charge in [0, 0.05) is 12.2 Å². The van der Waals surface area contributed by atoms with Crippen LogP contribution in [0.2, 0.25) is 0 Å². The second kappa shape index (κ2) is 3.89. The predicted molar refractivity (Wildman–Crippen MR) is 51.1 cm³/mol. The fourth-order valence-electron chi connectivity index (χ4n) is 0.988. The largest absolute Gasteiger partial charge is 0.477 e. The highest BCUT2D eigenvalue weighted by atomic mass is 16.4. The van der Waals surface area contributed by atoms with Gasteiger partial charge < -0.3 is 15.8 Å². The van der Waals surface area contributed by atoms with E-state index < -0.39 is 17.6 Å². The number of carboxylic acid groups (broad SMARTS) is 1. The van der Waals surface area contributed by atoms with Gasteiger partial charge in [-0.05, 0) is 11.6 Å². The molecule has 0 saturated heterocycles. The van der Waals surface area contributed by atoms with Crippen LogP contribution in [0.3, 0.4) is 0 Å². The summed E-state index contributed by atoms with van der Waals surface area (Å²) in [6.07, 6.45) is 2.83. The molecule has 0 amide bonds. The Labute approximate surface area is 79.9 Å². The fraction of sp³-hybridized carbons (Fsp3) is 0.111. The first-order valence-corrected chi connectivity index (χ1v) is 3.90. The summed E-state index contributed by atoms with van der Waals surface area (Å²) in [5.74, 6) is -1.27. The van der Waals surface area contributed by atoms with E-state index in [-0.39, 0.29) is 5.56 Å². The maximum Gasteiger partial charge on any atom is 0.341 e. The molecule has 1 heterocycles. The van der Waals surface area contributed by atoms with Gasteiger partial charge in [-0.1, -0.05) is 6.08 Å². The third-order valence-corrected chi connectivity index (χ3v) is 1.79. The summed E-state index contributed by atoms with van der Waals surface area (Å²) >= 11 is 0. The van der Waals surface area contributed by atoms with E-state index in [1.165, 1.54) is 18.3 Å². The first-order valence-electron chi connectivity index (χ1n) is 3.90. The van der Waals surface area contributed by atoms with E-state index in [0.29, 0.717) is 5.56 Å². The number of aromatic carboxylic acids is 1. The van der Waals surface area contributed by atoms with Crippen LogP contribution in [-0.4, -0.2) is 16.1 Å². The smallest absolute Gasteiger partial charge is 0.341 e. The van der Waals surface area contributed by atoms with Crippen molar-refractivity contribution in [2.45, 2.75) is 6.04 Å². The van der Waals surface area contributed by atoms with Crippen molar-refractivity contribution in [1.82, 2.24) is 4.98 Å². The van der Waals surface area contributed by atoms with E-state index in [2.05, 4.69) is 11.6 Å². The molecule has 0 aromatic carbocycles. The molecule has 14 heavy (non-hydrogen) atoms. The Morgan fingerprint density at radius 3 is 2.86 bits per heavy atom. The van der Waals surface area contributed by atoms with Crippen LogP contribution in [0.4, 0.5) is 0 Å². The molecular formula is C9H10N2O3. The second-order valence-electron chi connectivity index (χ2n) is 2.74. The third kappa shape index (κ3) is 1.89. The first-order chi connectivity index (χ1) is 6.56. The lowest BCUT2D eigenvalue weighted by atomic mass is 10.1. The van der Waals surface area contributed by atoms with Gasteiger partial charge in [0.2, 0.25) is 0 Å². The first kappa shape index (κ1) is 10.2. The summed E-state index contributed by atoms with van der Waals surface area (Å²) in [6.45, 7) is 3.47. The van der Waals surface area contributed by atoms with Crippen LogP contribution in [0, 0.1) is 0 Å². The van der Waals surface area contributed by atoms with Crippen LogP contribution in [0.25, 0.3) is 0 Å². The van der Waals surface area contributed by atoms with E-state index in [9.17, 15) is 9.59 Å². The van der Waals surface area contributed by atoms with E-state index in [1.54, 1.807) is 0 Å². The molecule has 1 aromatic rings. The number of aromatic nitrogens is 1. The number of nitrogens with two attached hydrogens (primary N) is 1. The molecule has 0 spiro atoms. The lowest BCUT2D eigenvalue weighted by Gasteiger charge is -2.05. The average Bonchev–Trinajstić information content (AvgIpc) is 2.17. The molecule has 5 nitrogen and oxygen atoms in total. The Bertz CT molecular complexity index is 422. The number of carboxylic acids is 1. The Hall–Kier alpha value is -1.88. The SMILES string of the molecule is C=CC(N)c1c[nH]c(=O)c(C(=O)O)c1. The molecule has 0 bridgehead atoms. The molecule has 1 aromatic heterocycles. The predicted octanol–water partition coefficient (Wildman–Crippen LogP) is 0.259. The van der Waals surface area contributed by atoms with E-state index in [1.807, 2.05) is 0 Å². The van der Waals surface area contributed by atoms with Gasteiger partial charge in [-0.25, -0.2) is 4.79 Å². The summed E-state index contributed by atoms with van der Waals surface area (Å²) in [5.41, 5.74) is 5.13. The number of nitrogens with one attached hydrogen (secondary N) is 1. The van der Waals surface area contributed by atoms with Gasteiger partial charge in [0.05, 0.1) is 0 Å². The van der Waals surface area contributed by atoms with Crippen molar-refractivity contribution >= 4 is 5.97 Å². The summed E-state index contributed by atoms with van der Waals surface area (Å²) in [6, 6.07) is 0.762. The highest BCUT2D eigenvalue weighted by Crippen LogP contribution is 2.09. The van der Waals surface area contributed by atoms with Crippen LogP contribution in [0.5, 0.6) is 0 Å². The highest BCUT2D eigenvalue weighted by Gasteiger charge is 2.11. The Morgan fingerprint density at radius 2 is 2.36 bits per heavy atom. The molecule has 1 rings (SSSR count). The minimum atomic E-state index is -1.27. The van der Waals surface area contributed by atoms with Crippen molar-refractivity contribution in [3.63, 3.8) is 0 Å². The van der Waals surface area contributed by atoms with Crippen molar-refractivity contribution in [3.8, 4) is 0 Å². The third-order valence-electron chi connectivity index (χ3n) is 1.79. The molecule has 0 fully saturated rings. The van der Waals surface area contributed by atoms with Crippen LogP contribution in [0.1, 0.15) is 22.0 Å². The van der Waals surface area contributed by atoms with Crippen molar-refractivity contribution in [2.75, 3.05) is 0 Å². The molecule has 4 N–H and O–H groups in total. The van der Waals surface area contributed by atoms with Gasteiger partial charge in [0.25, 0.3) is 5.56 Å². The molecular weight excluding hydrogens is 184 g/mol. The maximum absolute atomic E-state index is 11.0. The number of aromatic amines is 1. The average molecular weight is 194 g/mol. The van der Waals surface area contributed by atoms with Gasteiger partial charge in [0.1, 0.15) is 5.56 Å². The molecule has 0 saturated carbocycles. The summed E-state index contributed by atoms with van der Waals surface area (Å²) in [5, 5.41) is 8.66. The quantitative estimate of drug-likeness (QED) is 0.601. The van der Waals surface area contributed by atoms with E-state index >= 15 is 0 Å². The summed E-state index contributed by atoms with van der Waals surface area (Å²) in [7, 11) is 0. The Morgan fingerprint density at radius 1 is 1.71 bits per heavy atom. The van der Waals surface area contributed by atoms with Crippen LogP contribution in [0.15, 0.2) is 29.7 Å². The topological polar surface area (TPSA) is 96.2 Å². The minimum Gasteiger partial charge on any atom is -0.477 e. The van der Waals surface area contributed by atoms with Crippen molar-refractivity contribution < 1.29 is 9.90 Å². The molecule has 0 aliphatic rings. The van der Waals surface area contributed by atoms with Gasteiger partial charge in [0.15, 0.2) is 0 Å². The second-order valence-corrected chi connectivity index (χ2v) is 2.74. The van der Waals surface area contributed by atoms with Gasteiger partial charge in [-0.2, -0.15) is 0 Å². The molecule has 5 heteroatoms. The van der Waals surface area contributed by atoms with Crippen LogP contribution < -0.4 is 11.3 Å². The maximum atomic E-state index is 11.0. The number of rotatable bonds is 3. The number of carbonyl (C=O) groups is 1. The number of H-pyrrole nitrogens is 1. The zero-order chi connectivity index (χ0) is 10.7. The highest BCUT2D eigenvalue weighted by molar-refractivity contribution is 5.87. The fourth-order valence-corrected chi connectivity index (χ4v) is 0.988. The molecule has 1 atom stereocenters. The van der Waals surface area contributed by atoms with Gasteiger partial charge >= 0.3 is 5.97 Å². The molecule has 0 aliphatic heterocycles. The number of pyridine rings is 1. The standard InChI is InChI=1S/C9H10N2O3/c1-2-7(10)5-3-6(9(13)14)8(12)11-4-5/h2-4,7H,1,10H2,(H,11,12)(H,13,14). The zero-order valence-electron chi connectivity index (χ0n) is 7.36. The lowest BCUT2D eigenvalue weighted by Crippen LogP contribution is -2.19. The Kier molecular flexibility index (Phi) is 2.83. The normalized spacial score (nSPS) is 12.1. The van der Waals surface area contributed by atoms with Crippen molar-refractivity contribution in [2.24, 2.45) is 5.73 Å². The van der Waals surface area contributed by atoms with Gasteiger partial charge in [-0.3, -0.25) is 4.79 Å². The number of hydrogen-bond acceptors (Lipinski definition) is 3. The molecule has 0 radical (unpaired) electrons. The molecule has 0 aliphatic carbocycles. The van der Waals surface area contributed by atoms with E-state index in [4.69, 9.17) is 10.8 Å². The van der Waals surface area contributed by atoms with E-state index in [0.717, 1.165) is 0 Å². The summed E-state index contributed by atoms with van der Waals surface area (Å²) < 4.78 is 0. The minimum absolute atomic E-state index is 0.320. The van der Waals surface area contributed by atoms with Crippen molar-refractivity contribution in [3.05, 3.63) is 46.4 Å². The monoisotopic (exact) mass is 194 g/mol. The van der Waals surface area contributed by atoms with Gasteiger partial charge in [-0.15, -0.1) is 6.58 Å². The zero-order valence-corrected chi connectivity index (χ0v) is 7.36. The van der Waals surface area contributed by atoms with Crippen LogP contribution >= 0.6 is 0 Å². The van der Waals surface area contributed by atoms with Crippen molar-refractivity contribution in [1.29, 1.82) is 0 Å². The molecule has 74 valence electrons. The lowest BCUT2D eigenvalue weighted by molar-refractivity contribution is 0.0695.